The number of ether oxygens (including phenoxy) is 2. The van der Waals surface area contributed by atoms with Gasteiger partial charge in [-0.05, 0) is 66.5 Å². The number of urea groups is 1. The Hall–Kier alpha value is -4.13. The van der Waals surface area contributed by atoms with Crippen LogP contribution < -0.4 is 10.1 Å². The van der Waals surface area contributed by atoms with E-state index in [2.05, 4.69) is 17.4 Å². The Labute approximate surface area is 227 Å². The third kappa shape index (κ3) is 4.89. The molecule has 1 N–H and O–H groups in total. The lowest BCUT2D eigenvalue weighted by molar-refractivity contribution is -0.136. The highest BCUT2D eigenvalue weighted by molar-refractivity contribution is 6.01. The fourth-order valence-electron chi connectivity index (χ4n) is 6.36. The highest BCUT2D eigenvalue weighted by Crippen LogP contribution is 2.45. The lowest BCUT2D eigenvalue weighted by atomic mass is 9.88. The molecule has 7 heteroatoms. The van der Waals surface area contributed by atoms with Crippen LogP contribution >= 0.6 is 0 Å². The number of benzene rings is 3. The van der Waals surface area contributed by atoms with E-state index in [0.717, 1.165) is 30.4 Å². The maximum absolute atomic E-state index is 14.3. The number of methoxy groups -OCH3 is 1. The molecule has 6 nitrogen and oxygen atoms in total. The molecule has 2 bridgehead atoms. The van der Waals surface area contributed by atoms with Crippen molar-refractivity contribution in [2.45, 2.75) is 56.8 Å². The van der Waals surface area contributed by atoms with E-state index in [1.54, 1.807) is 6.07 Å². The molecule has 2 amide bonds. The second-order valence-corrected chi connectivity index (χ2v) is 10.5. The van der Waals surface area contributed by atoms with Gasteiger partial charge in [0.1, 0.15) is 18.2 Å². The van der Waals surface area contributed by atoms with Gasteiger partial charge < -0.3 is 19.7 Å². The average molecular weight is 527 g/mol. The fraction of sp³-hybridized carbons (Fsp3) is 0.312. The number of carbonyl (C=O) groups excluding carboxylic acids is 2. The molecule has 1 fully saturated rings. The first kappa shape index (κ1) is 25.2. The lowest BCUT2D eigenvalue weighted by Gasteiger charge is -2.38. The summed E-state index contributed by atoms with van der Waals surface area (Å²) in [6, 6.07) is 21.7. The second kappa shape index (κ2) is 10.6. The highest BCUT2D eigenvalue weighted by atomic mass is 19.1. The number of nitrogens with one attached hydrogen (secondary N) is 1. The monoisotopic (exact) mass is 526 g/mol. The summed E-state index contributed by atoms with van der Waals surface area (Å²) in [5, 5.41) is 3.22. The maximum Gasteiger partial charge on any atom is 0.336 e. The van der Waals surface area contributed by atoms with Gasteiger partial charge in [-0.1, -0.05) is 54.6 Å². The zero-order valence-corrected chi connectivity index (χ0v) is 21.9. The average Bonchev–Trinajstić information content (AvgIpc) is 3.50. The lowest BCUT2D eigenvalue weighted by Crippen LogP contribution is -2.53. The van der Waals surface area contributed by atoms with Crippen molar-refractivity contribution in [3.05, 3.63) is 106 Å². The Bertz CT molecular complexity index is 1410. The van der Waals surface area contributed by atoms with Gasteiger partial charge in [0.2, 0.25) is 0 Å². The number of nitrogens with zero attached hydrogens (tertiary/aromatic N) is 1. The summed E-state index contributed by atoms with van der Waals surface area (Å²) >= 11 is 0. The van der Waals surface area contributed by atoms with Crippen molar-refractivity contribution in [3.63, 3.8) is 0 Å². The van der Waals surface area contributed by atoms with Crippen LogP contribution in [0.3, 0.4) is 0 Å². The maximum atomic E-state index is 14.3. The van der Waals surface area contributed by atoms with E-state index in [9.17, 15) is 14.0 Å². The Morgan fingerprint density at radius 2 is 1.67 bits per heavy atom. The summed E-state index contributed by atoms with van der Waals surface area (Å²) in [5.74, 6) is -0.518. The molecule has 2 atom stereocenters. The van der Waals surface area contributed by atoms with Gasteiger partial charge in [-0.15, -0.1) is 0 Å². The van der Waals surface area contributed by atoms with Crippen LogP contribution in [0.25, 0.3) is 5.57 Å². The number of carbonyl (C=O) groups is 2. The molecule has 3 aromatic carbocycles. The van der Waals surface area contributed by atoms with Crippen molar-refractivity contribution in [2.24, 2.45) is 0 Å². The summed E-state index contributed by atoms with van der Waals surface area (Å²) < 4.78 is 25.6. The van der Waals surface area contributed by atoms with E-state index in [1.807, 2.05) is 47.4 Å². The highest BCUT2D eigenvalue weighted by Gasteiger charge is 2.47. The number of hydrogen-bond donors (Lipinski definition) is 1. The normalized spacial score (nSPS) is 20.1. The number of hydrogen-bond acceptors (Lipinski definition) is 4. The van der Waals surface area contributed by atoms with Crippen LogP contribution in [0.15, 0.2) is 78.4 Å². The minimum absolute atomic E-state index is 0.0244. The fourth-order valence-corrected chi connectivity index (χ4v) is 6.36. The molecular formula is C32H31FN2O4. The second-order valence-electron chi connectivity index (χ2n) is 10.5. The number of rotatable bonds is 6. The predicted molar refractivity (Wildman–Crippen MR) is 146 cm³/mol. The van der Waals surface area contributed by atoms with Crippen LogP contribution in [0.5, 0.6) is 5.75 Å². The molecule has 0 radical (unpaired) electrons. The summed E-state index contributed by atoms with van der Waals surface area (Å²) in [7, 11) is 1.35. The molecule has 3 aliphatic rings. The molecule has 2 aliphatic heterocycles. The topological polar surface area (TPSA) is 67.9 Å². The van der Waals surface area contributed by atoms with Crippen molar-refractivity contribution < 1.29 is 23.5 Å². The van der Waals surface area contributed by atoms with Crippen LogP contribution in [0, 0.1) is 5.82 Å². The van der Waals surface area contributed by atoms with E-state index in [1.165, 1.54) is 30.4 Å². The minimum Gasteiger partial charge on any atom is -0.488 e. The van der Waals surface area contributed by atoms with E-state index in [4.69, 9.17) is 9.47 Å². The molecule has 6 rings (SSSR count). The molecule has 3 aromatic rings. The Morgan fingerprint density at radius 1 is 0.949 bits per heavy atom. The van der Waals surface area contributed by atoms with Gasteiger partial charge in [0.05, 0.1) is 18.7 Å². The third-order valence-corrected chi connectivity index (χ3v) is 8.12. The van der Waals surface area contributed by atoms with Gasteiger partial charge in [-0.3, -0.25) is 0 Å². The van der Waals surface area contributed by atoms with E-state index < -0.39 is 17.8 Å². The standard InChI is InChI=1S/C32H31FN2O4/c1-38-31(36)30-27(26-13-11-23(33)17-29(26)39-19-20-7-3-2-4-8-20)18-25-12-14-28(30)35(25)32(37)34-24-15-21-9-5-6-10-22(21)16-24/h2-11,13,17,24-25,28H,12,14-16,18-19H2,1H3,(H,34,37)/t25-,28+/m0/s1. The zero-order chi connectivity index (χ0) is 26.9. The SMILES string of the molecule is COC(=O)C1=C(c2ccc(F)cc2OCc2ccccc2)C[C@@H]2CC[C@H]1N2C(=O)NC1Cc2ccccc2C1. The molecule has 0 unspecified atom stereocenters. The van der Waals surface area contributed by atoms with E-state index >= 15 is 0 Å². The third-order valence-electron chi connectivity index (χ3n) is 8.12. The van der Waals surface area contributed by atoms with Crippen molar-refractivity contribution in [3.8, 4) is 5.75 Å². The van der Waals surface area contributed by atoms with Crippen LogP contribution in [0.2, 0.25) is 0 Å². The summed E-state index contributed by atoms with van der Waals surface area (Å²) in [5.41, 5.74) is 5.36. The molecule has 200 valence electrons. The molecule has 0 saturated carbocycles. The number of halogens is 1. The summed E-state index contributed by atoms with van der Waals surface area (Å²) in [6.45, 7) is 0.267. The number of esters is 1. The summed E-state index contributed by atoms with van der Waals surface area (Å²) in [4.78, 5) is 28.6. The smallest absolute Gasteiger partial charge is 0.336 e. The first-order chi connectivity index (χ1) is 19.0. The van der Waals surface area contributed by atoms with Crippen LogP contribution in [0.4, 0.5) is 9.18 Å². The first-order valence-corrected chi connectivity index (χ1v) is 13.5. The quantitative estimate of drug-likeness (QED) is 0.434. The molecule has 1 saturated heterocycles. The number of amides is 2. The Morgan fingerprint density at radius 3 is 2.38 bits per heavy atom. The van der Waals surface area contributed by atoms with Crippen molar-refractivity contribution >= 4 is 17.6 Å². The molecular weight excluding hydrogens is 495 g/mol. The molecule has 0 spiro atoms. The van der Waals surface area contributed by atoms with Gasteiger partial charge in [-0.25, -0.2) is 14.0 Å². The minimum atomic E-state index is -0.472. The van der Waals surface area contributed by atoms with Crippen LogP contribution in [-0.2, 0) is 29.0 Å². The molecule has 1 aliphatic carbocycles. The molecule has 0 aromatic heterocycles. The van der Waals surface area contributed by atoms with Crippen LogP contribution in [0.1, 0.15) is 41.5 Å². The largest absolute Gasteiger partial charge is 0.488 e. The molecule has 2 heterocycles. The number of fused-ring (bicyclic) bond motifs is 3. The summed E-state index contributed by atoms with van der Waals surface area (Å²) in [6.07, 6.45) is 3.50. The van der Waals surface area contributed by atoms with Crippen LogP contribution in [-0.4, -0.2) is 42.1 Å². The van der Waals surface area contributed by atoms with Gasteiger partial charge >= 0.3 is 12.0 Å². The van der Waals surface area contributed by atoms with Crippen molar-refractivity contribution in [1.82, 2.24) is 10.2 Å². The van der Waals surface area contributed by atoms with Gasteiger partial charge in [0, 0.05) is 23.7 Å². The predicted octanol–water partition coefficient (Wildman–Crippen LogP) is 5.45. The van der Waals surface area contributed by atoms with E-state index in [0.29, 0.717) is 29.7 Å². The van der Waals surface area contributed by atoms with Gasteiger partial charge in [0.15, 0.2) is 0 Å². The first-order valence-electron chi connectivity index (χ1n) is 13.5. The van der Waals surface area contributed by atoms with E-state index in [-0.39, 0.29) is 24.7 Å². The molecule has 39 heavy (non-hydrogen) atoms. The van der Waals surface area contributed by atoms with Crippen molar-refractivity contribution in [2.75, 3.05) is 7.11 Å². The zero-order valence-electron chi connectivity index (χ0n) is 21.9. The van der Waals surface area contributed by atoms with Gasteiger partial charge in [-0.2, -0.15) is 0 Å². The van der Waals surface area contributed by atoms with Crippen molar-refractivity contribution in [1.29, 1.82) is 0 Å². The Balaban J connectivity index is 1.29. The Kier molecular flexibility index (Phi) is 6.81. The van der Waals surface area contributed by atoms with Gasteiger partial charge in [0.25, 0.3) is 0 Å².